The van der Waals surface area contributed by atoms with Crippen LogP contribution in [0.3, 0.4) is 0 Å². The summed E-state index contributed by atoms with van der Waals surface area (Å²) in [5.74, 6) is 0. The minimum atomic E-state index is 0.889. The molecule has 0 amide bonds. The van der Waals surface area contributed by atoms with Crippen LogP contribution in [0.4, 0.5) is 0 Å². The number of aryl methyl sites for hydroxylation is 1. The van der Waals surface area contributed by atoms with E-state index < -0.39 is 0 Å². The van der Waals surface area contributed by atoms with Gasteiger partial charge < -0.3 is 4.74 Å². The van der Waals surface area contributed by atoms with Gasteiger partial charge in [-0.2, -0.15) is 0 Å². The highest BCUT2D eigenvalue weighted by molar-refractivity contribution is 7.18. The van der Waals surface area contributed by atoms with Crippen LogP contribution < -0.4 is 0 Å². The molecular formula is C21H35NOS. The topological polar surface area (TPSA) is 22.1 Å². The average Bonchev–Trinajstić information content (AvgIpc) is 2.96. The van der Waals surface area contributed by atoms with Crippen molar-refractivity contribution in [1.29, 1.82) is 0 Å². The molecule has 0 saturated carbocycles. The Labute approximate surface area is 153 Å². The van der Waals surface area contributed by atoms with E-state index in [1.807, 2.05) is 51.1 Å². The molecule has 0 N–H and O–H groups in total. The van der Waals surface area contributed by atoms with Crippen LogP contribution in [0.15, 0.2) is 48.6 Å². The summed E-state index contributed by atoms with van der Waals surface area (Å²) in [4.78, 5) is 4.33. The predicted molar refractivity (Wildman–Crippen MR) is 112 cm³/mol. The summed E-state index contributed by atoms with van der Waals surface area (Å²) < 4.78 is 5.97. The molecular weight excluding hydrogens is 314 g/mol. The summed E-state index contributed by atoms with van der Waals surface area (Å²) in [7, 11) is 1.71. The zero-order valence-electron chi connectivity index (χ0n) is 16.6. The highest BCUT2D eigenvalue weighted by Gasteiger charge is 1.95. The van der Waals surface area contributed by atoms with Crippen LogP contribution in [0.1, 0.15) is 52.5 Å². The molecule has 1 aromatic carbocycles. The van der Waals surface area contributed by atoms with Crippen molar-refractivity contribution in [3.63, 3.8) is 0 Å². The smallest absolute Gasteiger partial charge is 0.0907 e. The lowest BCUT2D eigenvalue weighted by atomic mass is 10.3. The van der Waals surface area contributed by atoms with E-state index in [4.69, 9.17) is 4.74 Å². The van der Waals surface area contributed by atoms with Gasteiger partial charge in [0.05, 0.1) is 15.2 Å². The summed E-state index contributed by atoms with van der Waals surface area (Å²) in [6.07, 6.45) is 6.23. The summed E-state index contributed by atoms with van der Waals surface area (Å²) in [5.41, 5.74) is 2.35. The van der Waals surface area contributed by atoms with Crippen molar-refractivity contribution < 1.29 is 4.74 Å². The van der Waals surface area contributed by atoms with E-state index in [0.29, 0.717) is 0 Å². The molecule has 2 aromatic rings. The van der Waals surface area contributed by atoms with Crippen molar-refractivity contribution in [3.05, 3.63) is 53.6 Å². The lowest BCUT2D eigenvalue weighted by Crippen LogP contribution is -1.80. The highest BCUT2D eigenvalue weighted by atomic mass is 32.1. The summed E-state index contributed by atoms with van der Waals surface area (Å²) in [6, 6.07) is 8.19. The van der Waals surface area contributed by atoms with E-state index in [2.05, 4.69) is 38.4 Å². The summed E-state index contributed by atoms with van der Waals surface area (Å²) in [6.45, 7) is 16.8. The van der Waals surface area contributed by atoms with Crippen molar-refractivity contribution in [2.24, 2.45) is 0 Å². The molecule has 2 rings (SSSR count). The van der Waals surface area contributed by atoms with Gasteiger partial charge >= 0.3 is 0 Å². The maximum atomic E-state index is 4.69. The van der Waals surface area contributed by atoms with Gasteiger partial charge in [0.2, 0.25) is 0 Å². The average molecular weight is 350 g/mol. The number of fused-ring (bicyclic) bond motifs is 1. The molecule has 0 aliphatic rings. The van der Waals surface area contributed by atoms with Crippen LogP contribution in [0, 0.1) is 6.92 Å². The number of hydrogen-bond acceptors (Lipinski definition) is 3. The lowest BCUT2D eigenvalue weighted by molar-refractivity contribution is 0.199. The van der Waals surface area contributed by atoms with Crippen molar-refractivity contribution in [3.8, 4) is 0 Å². The molecule has 0 unspecified atom stereocenters. The van der Waals surface area contributed by atoms with E-state index >= 15 is 0 Å². The summed E-state index contributed by atoms with van der Waals surface area (Å²) in [5, 5.41) is 1.14. The standard InChI is InChI=1S/C8H7NS.C6H10.C4H10O.C3H8/c1-6-9-7-4-2-3-5-8(7)10-6;1-4-6(3)5-2;1-3-4-5-2;1-3-2/h2-5H,1H3;4-5H,1H2,2-3H3;3-4H2,1-2H3;3H2,1-2H3/b;6-5-;;. The Kier molecular flexibility index (Phi) is 18.5. The second kappa shape index (κ2) is 17.9. The minimum Gasteiger partial charge on any atom is -0.385 e. The molecule has 2 nitrogen and oxygen atoms in total. The van der Waals surface area contributed by atoms with Crippen LogP contribution in [0.2, 0.25) is 0 Å². The van der Waals surface area contributed by atoms with Gasteiger partial charge in [0.25, 0.3) is 0 Å². The maximum absolute atomic E-state index is 4.69. The molecule has 136 valence electrons. The Hall–Kier alpha value is -1.45. The van der Waals surface area contributed by atoms with Crippen LogP contribution in [0.5, 0.6) is 0 Å². The van der Waals surface area contributed by atoms with Crippen molar-refractivity contribution >= 4 is 21.6 Å². The first-order valence-corrected chi connectivity index (χ1v) is 9.38. The Morgan fingerprint density at radius 3 is 2.17 bits per heavy atom. The number of allylic oxidation sites excluding steroid dienone is 3. The van der Waals surface area contributed by atoms with Gasteiger partial charge in [-0.15, -0.1) is 11.3 Å². The van der Waals surface area contributed by atoms with Gasteiger partial charge in [-0.1, -0.05) is 63.6 Å². The zero-order chi connectivity index (χ0) is 18.8. The van der Waals surface area contributed by atoms with E-state index in [0.717, 1.165) is 23.6 Å². The highest BCUT2D eigenvalue weighted by Crippen LogP contribution is 2.19. The number of thiazole rings is 1. The van der Waals surface area contributed by atoms with Crippen LogP contribution in [0.25, 0.3) is 10.2 Å². The molecule has 0 saturated heterocycles. The van der Waals surface area contributed by atoms with Gasteiger partial charge in [-0.25, -0.2) is 4.98 Å². The second-order valence-corrected chi connectivity index (χ2v) is 6.37. The predicted octanol–water partition coefficient (Wildman–Crippen LogP) is 7.20. The number of para-hydroxylation sites is 1. The number of nitrogens with zero attached hydrogens (tertiary/aromatic N) is 1. The molecule has 3 heteroatoms. The number of methoxy groups -OCH3 is 1. The second-order valence-electron chi connectivity index (χ2n) is 5.14. The van der Waals surface area contributed by atoms with Crippen LogP contribution >= 0.6 is 11.3 Å². The fourth-order valence-electron chi connectivity index (χ4n) is 1.31. The SMILES string of the molecule is C=C/C(C)=C\C.CCC.CCCOC.Cc1nc2ccccc2s1. The molecule has 0 radical (unpaired) electrons. The van der Waals surface area contributed by atoms with E-state index in [9.17, 15) is 0 Å². The Balaban J connectivity index is 0. The van der Waals surface area contributed by atoms with Crippen molar-refractivity contribution in [2.75, 3.05) is 13.7 Å². The largest absolute Gasteiger partial charge is 0.385 e. The van der Waals surface area contributed by atoms with E-state index in [1.165, 1.54) is 16.7 Å². The number of benzene rings is 1. The van der Waals surface area contributed by atoms with Crippen LogP contribution in [-0.4, -0.2) is 18.7 Å². The molecule has 1 heterocycles. The molecule has 0 atom stereocenters. The number of rotatable bonds is 3. The molecule has 0 aliphatic carbocycles. The molecule has 0 spiro atoms. The lowest BCUT2D eigenvalue weighted by Gasteiger charge is -1.84. The quantitative estimate of drug-likeness (QED) is 0.546. The normalized spacial score (nSPS) is 9.71. The maximum Gasteiger partial charge on any atom is 0.0907 e. The third-order valence-electron chi connectivity index (χ3n) is 2.59. The molecule has 24 heavy (non-hydrogen) atoms. The molecule has 0 aliphatic heterocycles. The number of aromatic nitrogens is 1. The Morgan fingerprint density at radius 1 is 1.25 bits per heavy atom. The van der Waals surface area contributed by atoms with Crippen LogP contribution in [-0.2, 0) is 4.74 Å². The Morgan fingerprint density at radius 2 is 1.83 bits per heavy atom. The molecule has 1 aromatic heterocycles. The molecule has 0 bridgehead atoms. The minimum absolute atomic E-state index is 0.889. The first-order valence-electron chi connectivity index (χ1n) is 8.56. The fraction of sp³-hybridized carbons (Fsp3) is 0.476. The van der Waals surface area contributed by atoms with Gasteiger partial charge in [-0.3, -0.25) is 0 Å². The third-order valence-corrected chi connectivity index (χ3v) is 3.54. The van der Waals surface area contributed by atoms with Crippen molar-refractivity contribution in [1.82, 2.24) is 4.98 Å². The van der Waals surface area contributed by atoms with Gasteiger partial charge in [0, 0.05) is 13.7 Å². The van der Waals surface area contributed by atoms with Gasteiger partial charge in [0.15, 0.2) is 0 Å². The number of hydrogen-bond donors (Lipinski definition) is 0. The van der Waals surface area contributed by atoms with Gasteiger partial charge in [-0.05, 0) is 39.3 Å². The first kappa shape index (κ1) is 24.8. The molecule has 0 fully saturated rings. The van der Waals surface area contributed by atoms with Gasteiger partial charge in [0.1, 0.15) is 0 Å². The fourth-order valence-corrected chi connectivity index (χ4v) is 2.14. The monoisotopic (exact) mass is 349 g/mol. The zero-order valence-corrected chi connectivity index (χ0v) is 17.4. The third kappa shape index (κ3) is 14.2. The first-order chi connectivity index (χ1) is 11.5. The van der Waals surface area contributed by atoms with E-state index in [-0.39, 0.29) is 0 Å². The van der Waals surface area contributed by atoms with E-state index in [1.54, 1.807) is 18.4 Å². The summed E-state index contributed by atoms with van der Waals surface area (Å²) >= 11 is 1.74. The number of ether oxygens (including phenoxy) is 1. The van der Waals surface area contributed by atoms with Crippen molar-refractivity contribution in [2.45, 2.75) is 54.4 Å². The Bertz CT molecular complexity index is 523.